The van der Waals surface area contributed by atoms with E-state index in [2.05, 4.69) is 4.98 Å². The lowest BCUT2D eigenvalue weighted by Gasteiger charge is -2.04. The largest absolute Gasteiger partial charge is 0.423 e. The van der Waals surface area contributed by atoms with E-state index in [-0.39, 0.29) is 11.3 Å². The predicted octanol–water partition coefficient (Wildman–Crippen LogP) is 2.70. The smallest absolute Gasteiger partial charge is 0.343 e. The average molecular weight is 297 g/mol. The van der Waals surface area contributed by atoms with Gasteiger partial charge < -0.3 is 9.30 Å². The minimum atomic E-state index is -0.579. The maximum atomic E-state index is 12.0. The van der Waals surface area contributed by atoms with Gasteiger partial charge in [-0.15, -0.1) is 0 Å². The van der Waals surface area contributed by atoms with E-state index < -0.39 is 10.9 Å². The number of hydrogen-bond donors (Lipinski definition) is 0. The summed E-state index contributed by atoms with van der Waals surface area (Å²) < 4.78 is 7.12. The highest BCUT2D eigenvalue weighted by molar-refractivity contribution is 5.91. The molecule has 0 saturated heterocycles. The molecule has 0 saturated carbocycles. The second-order valence-corrected chi connectivity index (χ2v) is 4.70. The fourth-order valence-electron chi connectivity index (χ4n) is 2.06. The lowest BCUT2D eigenvalue weighted by molar-refractivity contribution is -0.384. The fraction of sp³-hybridized carbons (Fsp3) is 0.0667. The summed E-state index contributed by atoms with van der Waals surface area (Å²) in [6.45, 7) is 0. The van der Waals surface area contributed by atoms with Gasteiger partial charge in [0.15, 0.2) is 0 Å². The normalized spacial score (nSPS) is 10.6. The van der Waals surface area contributed by atoms with E-state index in [1.165, 1.54) is 24.3 Å². The predicted molar refractivity (Wildman–Crippen MR) is 78.8 cm³/mol. The molecule has 110 valence electrons. The van der Waals surface area contributed by atoms with Crippen molar-refractivity contribution in [1.82, 2.24) is 9.55 Å². The van der Waals surface area contributed by atoms with Crippen LogP contribution in [-0.2, 0) is 7.05 Å². The van der Waals surface area contributed by atoms with Crippen molar-refractivity contribution >= 4 is 22.7 Å². The number of ether oxygens (including phenoxy) is 1. The van der Waals surface area contributed by atoms with Gasteiger partial charge in [0.1, 0.15) is 5.75 Å². The molecule has 0 atom stereocenters. The van der Waals surface area contributed by atoms with Crippen LogP contribution in [0.25, 0.3) is 11.0 Å². The van der Waals surface area contributed by atoms with E-state index in [1.54, 1.807) is 24.5 Å². The topological polar surface area (TPSA) is 87.3 Å². The number of nitro groups is 1. The molecule has 7 heteroatoms. The van der Waals surface area contributed by atoms with E-state index in [0.29, 0.717) is 5.75 Å². The number of rotatable bonds is 3. The van der Waals surface area contributed by atoms with Crippen LogP contribution in [0.1, 0.15) is 10.4 Å². The Labute approximate surface area is 124 Å². The van der Waals surface area contributed by atoms with E-state index in [0.717, 1.165) is 11.0 Å². The van der Waals surface area contributed by atoms with Crippen molar-refractivity contribution in [2.75, 3.05) is 0 Å². The molecular weight excluding hydrogens is 286 g/mol. The molecule has 0 spiro atoms. The van der Waals surface area contributed by atoms with Crippen molar-refractivity contribution in [2.45, 2.75) is 0 Å². The minimum Gasteiger partial charge on any atom is -0.423 e. The van der Waals surface area contributed by atoms with Crippen LogP contribution in [0.3, 0.4) is 0 Å². The van der Waals surface area contributed by atoms with Crippen molar-refractivity contribution in [3.05, 3.63) is 64.5 Å². The lowest BCUT2D eigenvalue weighted by atomic mass is 10.2. The molecule has 7 nitrogen and oxygen atoms in total. The molecule has 3 aromatic rings. The van der Waals surface area contributed by atoms with E-state index in [4.69, 9.17) is 4.74 Å². The molecule has 22 heavy (non-hydrogen) atoms. The van der Waals surface area contributed by atoms with Gasteiger partial charge in [0.05, 0.1) is 27.8 Å². The van der Waals surface area contributed by atoms with Crippen molar-refractivity contribution < 1.29 is 14.5 Å². The molecule has 0 radical (unpaired) electrons. The summed E-state index contributed by atoms with van der Waals surface area (Å²) in [4.78, 5) is 26.3. The highest BCUT2D eigenvalue weighted by Gasteiger charge is 2.12. The van der Waals surface area contributed by atoms with Crippen LogP contribution in [0.15, 0.2) is 48.8 Å². The lowest BCUT2D eigenvalue weighted by Crippen LogP contribution is -2.08. The molecule has 0 aliphatic heterocycles. The third kappa shape index (κ3) is 2.51. The zero-order valence-electron chi connectivity index (χ0n) is 11.6. The number of hydrogen-bond acceptors (Lipinski definition) is 5. The minimum absolute atomic E-state index is 0.0774. The van der Waals surface area contributed by atoms with E-state index in [1.807, 2.05) is 11.6 Å². The summed E-state index contributed by atoms with van der Waals surface area (Å²) in [5.74, 6) is -0.209. The highest BCUT2D eigenvalue weighted by Crippen LogP contribution is 2.20. The highest BCUT2D eigenvalue weighted by atomic mass is 16.6. The van der Waals surface area contributed by atoms with Gasteiger partial charge in [-0.25, -0.2) is 9.78 Å². The van der Waals surface area contributed by atoms with Crippen LogP contribution >= 0.6 is 0 Å². The summed E-state index contributed by atoms with van der Waals surface area (Å²) in [6.07, 6.45) is 1.67. The van der Waals surface area contributed by atoms with Crippen LogP contribution in [0, 0.1) is 10.1 Å². The van der Waals surface area contributed by atoms with Crippen LogP contribution in [0.4, 0.5) is 5.69 Å². The van der Waals surface area contributed by atoms with Crippen LogP contribution < -0.4 is 4.74 Å². The maximum absolute atomic E-state index is 12.0. The first-order chi connectivity index (χ1) is 10.5. The molecule has 0 fully saturated rings. The Morgan fingerprint density at radius 2 is 1.95 bits per heavy atom. The second kappa shape index (κ2) is 5.28. The molecule has 1 aromatic heterocycles. The fourth-order valence-corrected chi connectivity index (χ4v) is 2.06. The van der Waals surface area contributed by atoms with Crippen molar-refractivity contribution in [3.63, 3.8) is 0 Å². The molecule has 0 aliphatic carbocycles. The quantitative estimate of drug-likeness (QED) is 0.321. The first kappa shape index (κ1) is 13.7. The maximum Gasteiger partial charge on any atom is 0.343 e. The molecule has 0 N–H and O–H groups in total. The molecule has 1 heterocycles. The van der Waals surface area contributed by atoms with Crippen LogP contribution in [-0.4, -0.2) is 20.4 Å². The summed E-state index contributed by atoms with van der Waals surface area (Å²) in [7, 11) is 1.87. The summed E-state index contributed by atoms with van der Waals surface area (Å²) in [5.41, 5.74) is 1.81. The first-order valence-electron chi connectivity index (χ1n) is 6.42. The zero-order valence-corrected chi connectivity index (χ0v) is 11.6. The van der Waals surface area contributed by atoms with E-state index in [9.17, 15) is 14.9 Å². The number of benzene rings is 2. The Bertz CT molecular complexity index is 868. The third-order valence-electron chi connectivity index (χ3n) is 3.22. The first-order valence-corrected chi connectivity index (χ1v) is 6.42. The van der Waals surface area contributed by atoms with Gasteiger partial charge in [0.2, 0.25) is 0 Å². The SMILES string of the molecule is Cn1cnc2cc(OC(=O)c3ccc([N+](=O)[O-])cc3)ccc21. The van der Waals surface area contributed by atoms with Crippen LogP contribution in [0.2, 0.25) is 0 Å². The van der Waals surface area contributed by atoms with Gasteiger partial charge in [-0.1, -0.05) is 0 Å². The molecular formula is C15H11N3O4. The molecule has 3 rings (SSSR count). The number of fused-ring (bicyclic) bond motifs is 1. The second-order valence-electron chi connectivity index (χ2n) is 4.70. The summed E-state index contributed by atoms with van der Waals surface area (Å²) >= 11 is 0. The Morgan fingerprint density at radius 3 is 2.64 bits per heavy atom. The Hall–Kier alpha value is -3.22. The number of non-ortho nitro benzene ring substituents is 1. The number of aromatic nitrogens is 2. The third-order valence-corrected chi connectivity index (χ3v) is 3.22. The van der Waals surface area contributed by atoms with Crippen molar-refractivity contribution in [3.8, 4) is 5.75 Å². The van der Waals surface area contributed by atoms with Crippen molar-refractivity contribution in [2.24, 2.45) is 7.05 Å². The number of aryl methyl sites for hydroxylation is 1. The van der Waals surface area contributed by atoms with Gasteiger partial charge in [-0.2, -0.15) is 0 Å². The van der Waals surface area contributed by atoms with Crippen molar-refractivity contribution in [1.29, 1.82) is 0 Å². The molecule has 0 amide bonds. The van der Waals surface area contributed by atoms with Gasteiger partial charge in [0.25, 0.3) is 5.69 Å². The van der Waals surface area contributed by atoms with E-state index >= 15 is 0 Å². The van der Waals surface area contributed by atoms with Gasteiger partial charge in [-0.3, -0.25) is 10.1 Å². The molecule has 0 unspecified atom stereocenters. The number of carbonyl (C=O) groups excluding carboxylic acids is 1. The molecule has 0 aliphatic rings. The van der Waals surface area contributed by atoms with Crippen LogP contribution in [0.5, 0.6) is 5.75 Å². The Balaban J connectivity index is 1.81. The molecule has 0 bridgehead atoms. The molecule has 2 aromatic carbocycles. The standard InChI is InChI=1S/C15H11N3O4/c1-17-9-16-13-8-12(6-7-14(13)17)22-15(19)10-2-4-11(5-3-10)18(20)21/h2-9H,1H3. The van der Waals surface area contributed by atoms with Gasteiger partial charge in [0, 0.05) is 25.2 Å². The Morgan fingerprint density at radius 1 is 1.23 bits per heavy atom. The number of imidazole rings is 1. The number of nitrogens with zero attached hydrogens (tertiary/aromatic N) is 3. The van der Waals surface area contributed by atoms with Gasteiger partial charge in [-0.05, 0) is 24.3 Å². The van der Waals surface area contributed by atoms with Gasteiger partial charge >= 0.3 is 5.97 Å². The number of carbonyl (C=O) groups is 1. The number of esters is 1. The number of nitro benzene ring substituents is 1. The average Bonchev–Trinajstić information content (AvgIpc) is 2.88. The summed E-state index contributed by atoms with van der Waals surface area (Å²) in [5, 5.41) is 10.6. The monoisotopic (exact) mass is 297 g/mol. The summed E-state index contributed by atoms with van der Waals surface area (Å²) in [6, 6.07) is 10.4. The Kier molecular flexibility index (Phi) is 3.30. The zero-order chi connectivity index (χ0) is 15.7.